The second-order valence-electron chi connectivity index (χ2n) is 8.84. The summed E-state index contributed by atoms with van der Waals surface area (Å²) >= 11 is 0. The predicted octanol–water partition coefficient (Wildman–Crippen LogP) is 3.62. The lowest BCUT2D eigenvalue weighted by atomic mass is 9.90. The van der Waals surface area contributed by atoms with Crippen LogP contribution in [0.5, 0.6) is 17.2 Å². The van der Waals surface area contributed by atoms with Gasteiger partial charge in [0.1, 0.15) is 23.4 Å². The van der Waals surface area contributed by atoms with Crippen LogP contribution in [0.25, 0.3) is 0 Å². The Morgan fingerprint density at radius 1 is 1.03 bits per heavy atom. The maximum atomic E-state index is 13.2. The molecule has 5 atom stereocenters. The van der Waals surface area contributed by atoms with Crippen molar-refractivity contribution in [2.24, 2.45) is 0 Å². The second kappa shape index (κ2) is 8.99. The van der Waals surface area contributed by atoms with E-state index in [1.165, 1.54) is 12.1 Å². The topological polar surface area (TPSA) is 122 Å². The van der Waals surface area contributed by atoms with Gasteiger partial charge in [0, 0.05) is 23.5 Å². The molecule has 0 spiro atoms. The molecule has 1 aliphatic heterocycles. The van der Waals surface area contributed by atoms with Crippen molar-refractivity contribution in [2.45, 2.75) is 48.3 Å². The molecule has 0 saturated heterocycles. The number of hydrogen-bond acceptors (Lipinski definition) is 6. The molecule has 5 unspecified atom stereocenters. The average Bonchev–Trinajstić information content (AvgIpc) is 3.34. The zero-order chi connectivity index (χ0) is 24.7. The number of aliphatic hydroxyl groups is 1. The predicted molar refractivity (Wildman–Crippen MR) is 127 cm³/mol. The summed E-state index contributed by atoms with van der Waals surface area (Å²) in [5.41, 5.74) is 1.24. The highest BCUT2D eigenvalue weighted by molar-refractivity contribution is 7.89. The normalized spacial score (nSPS) is 23.7. The van der Waals surface area contributed by atoms with Gasteiger partial charge in [-0.05, 0) is 43.3 Å². The first-order chi connectivity index (χ1) is 16.7. The summed E-state index contributed by atoms with van der Waals surface area (Å²) in [7, 11) is -3.96. The van der Waals surface area contributed by atoms with E-state index >= 15 is 0 Å². The summed E-state index contributed by atoms with van der Waals surface area (Å²) in [6, 6.07) is 19.6. The quantitative estimate of drug-likeness (QED) is 0.458. The van der Waals surface area contributed by atoms with Crippen LogP contribution < -0.4 is 14.2 Å². The van der Waals surface area contributed by atoms with Gasteiger partial charge in [0.25, 0.3) is 0 Å². The lowest BCUT2D eigenvalue weighted by Crippen LogP contribution is -2.43. The maximum absolute atomic E-state index is 13.2. The van der Waals surface area contributed by atoms with Gasteiger partial charge in [-0.2, -0.15) is 0 Å². The van der Waals surface area contributed by atoms with Gasteiger partial charge in [0.2, 0.25) is 10.0 Å². The molecule has 3 aromatic carbocycles. The van der Waals surface area contributed by atoms with Crippen molar-refractivity contribution in [3.63, 3.8) is 0 Å². The van der Waals surface area contributed by atoms with Gasteiger partial charge < -0.3 is 19.7 Å². The fourth-order valence-corrected chi connectivity index (χ4v) is 6.12. The molecule has 1 fully saturated rings. The zero-order valence-corrected chi connectivity index (χ0v) is 19.7. The van der Waals surface area contributed by atoms with Gasteiger partial charge in [-0.3, -0.25) is 4.79 Å². The van der Waals surface area contributed by atoms with Crippen molar-refractivity contribution in [3.05, 3.63) is 83.9 Å². The molecule has 1 heterocycles. The molecule has 0 radical (unpaired) electrons. The van der Waals surface area contributed by atoms with E-state index in [2.05, 4.69) is 4.72 Å². The minimum absolute atomic E-state index is 0.0425. The fraction of sp³-hybridized carbons (Fsp3) is 0.269. The molecule has 1 saturated carbocycles. The van der Waals surface area contributed by atoms with Gasteiger partial charge in [-0.1, -0.05) is 36.4 Å². The molecule has 9 heteroatoms. The van der Waals surface area contributed by atoms with Crippen LogP contribution in [-0.2, 0) is 14.8 Å². The monoisotopic (exact) mass is 495 g/mol. The fourth-order valence-electron chi connectivity index (χ4n) is 4.82. The van der Waals surface area contributed by atoms with Crippen LogP contribution in [0.15, 0.2) is 77.7 Å². The molecule has 1 aliphatic carbocycles. The number of rotatable bonds is 7. The smallest absolute Gasteiger partial charge is 0.310 e. The van der Waals surface area contributed by atoms with Crippen LogP contribution >= 0.6 is 0 Å². The summed E-state index contributed by atoms with van der Waals surface area (Å²) in [5.74, 6) is -0.587. The number of sulfonamides is 1. The van der Waals surface area contributed by atoms with Crippen LogP contribution in [0.3, 0.4) is 0 Å². The van der Waals surface area contributed by atoms with E-state index in [4.69, 9.17) is 9.47 Å². The summed E-state index contributed by atoms with van der Waals surface area (Å²) in [6.45, 7) is 1.58. The Morgan fingerprint density at radius 2 is 1.71 bits per heavy atom. The molecule has 0 bridgehead atoms. The highest BCUT2D eigenvalue weighted by Gasteiger charge is 2.51. The Hall–Kier alpha value is -3.40. The number of fused-ring (bicyclic) bond motifs is 3. The molecular weight excluding hydrogens is 470 g/mol. The lowest BCUT2D eigenvalue weighted by Gasteiger charge is -2.22. The molecule has 5 rings (SSSR count). The number of aliphatic hydroxyl groups excluding tert-OH is 1. The first kappa shape index (κ1) is 23.3. The number of carboxylic acids is 1. The van der Waals surface area contributed by atoms with E-state index in [0.29, 0.717) is 28.4 Å². The third-order valence-corrected chi connectivity index (χ3v) is 8.10. The summed E-state index contributed by atoms with van der Waals surface area (Å²) in [4.78, 5) is 11.6. The molecule has 0 aromatic heterocycles. The summed E-state index contributed by atoms with van der Waals surface area (Å²) in [6.07, 6.45) is -1.16. The van der Waals surface area contributed by atoms with Crippen molar-refractivity contribution >= 4 is 16.0 Å². The van der Waals surface area contributed by atoms with Crippen LogP contribution in [0.2, 0.25) is 0 Å². The molecular formula is C26H25NO7S. The van der Waals surface area contributed by atoms with Crippen molar-refractivity contribution in [2.75, 3.05) is 0 Å². The Morgan fingerprint density at radius 3 is 2.40 bits per heavy atom. The van der Waals surface area contributed by atoms with Gasteiger partial charge in [0.15, 0.2) is 0 Å². The molecule has 182 valence electrons. The molecule has 3 N–H and O–H groups in total. The number of hydrogen-bond donors (Lipinski definition) is 3. The summed E-state index contributed by atoms with van der Waals surface area (Å²) < 4.78 is 40.8. The van der Waals surface area contributed by atoms with Crippen LogP contribution in [-0.4, -0.2) is 42.8 Å². The van der Waals surface area contributed by atoms with E-state index < -0.39 is 46.1 Å². The highest BCUT2D eigenvalue weighted by atomic mass is 32.2. The van der Waals surface area contributed by atoms with Gasteiger partial charge in [0.05, 0.1) is 23.0 Å². The number of aliphatic carboxylic acids is 1. The molecule has 3 aromatic rings. The van der Waals surface area contributed by atoms with E-state index in [-0.39, 0.29) is 11.3 Å². The molecule has 8 nitrogen and oxygen atoms in total. The number of ether oxygens (including phenoxy) is 2. The van der Waals surface area contributed by atoms with Gasteiger partial charge >= 0.3 is 5.97 Å². The first-order valence-electron chi connectivity index (χ1n) is 11.3. The van der Waals surface area contributed by atoms with Gasteiger partial charge in [-0.25, -0.2) is 13.1 Å². The van der Waals surface area contributed by atoms with E-state index in [9.17, 15) is 23.4 Å². The van der Waals surface area contributed by atoms with Crippen molar-refractivity contribution in [3.8, 4) is 17.2 Å². The van der Waals surface area contributed by atoms with E-state index in [1.807, 2.05) is 18.2 Å². The Bertz CT molecular complexity index is 1340. The highest BCUT2D eigenvalue weighted by Crippen LogP contribution is 2.50. The van der Waals surface area contributed by atoms with E-state index in [1.54, 1.807) is 49.4 Å². The number of benzene rings is 3. The van der Waals surface area contributed by atoms with Crippen LogP contribution in [0.1, 0.15) is 36.3 Å². The Kier molecular flexibility index (Phi) is 6.00. The number of para-hydroxylation sites is 2. The minimum Gasteiger partial charge on any atom is -0.489 e. The number of nitrogens with one attached hydrogen (secondary N) is 1. The maximum Gasteiger partial charge on any atom is 0.310 e. The van der Waals surface area contributed by atoms with E-state index in [0.717, 1.165) is 0 Å². The Labute approximate surface area is 203 Å². The molecule has 0 amide bonds. The Balaban J connectivity index is 1.38. The molecule has 35 heavy (non-hydrogen) atoms. The van der Waals surface area contributed by atoms with Gasteiger partial charge in [-0.15, -0.1) is 0 Å². The molecule has 2 aliphatic rings. The second-order valence-corrected chi connectivity index (χ2v) is 10.6. The van der Waals surface area contributed by atoms with Crippen molar-refractivity contribution < 1.29 is 32.9 Å². The third kappa shape index (κ3) is 4.38. The van der Waals surface area contributed by atoms with Crippen molar-refractivity contribution in [1.82, 2.24) is 4.72 Å². The number of carbonyl (C=O) groups is 1. The summed E-state index contributed by atoms with van der Waals surface area (Å²) in [5, 5.41) is 20.1. The average molecular weight is 496 g/mol. The van der Waals surface area contributed by atoms with Crippen LogP contribution in [0.4, 0.5) is 0 Å². The number of carboxylic acid groups (broad SMARTS) is 1. The van der Waals surface area contributed by atoms with Crippen LogP contribution in [0, 0.1) is 0 Å². The first-order valence-corrected chi connectivity index (χ1v) is 12.8. The van der Waals surface area contributed by atoms with Crippen molar-refractivity contribution in [1.29, 1.82) is 0 Å². The minimum atomic E-state index is -3.96. The third-order valence-electron chi connectivity index (χ3n) is 6.62. The zero-order valence-electron chi connectivity index (χ0n) is 18.9. The lowest BCUT2D eigenvalue weighted by molar-refractivity contribution is -0.138. The SMILES string of the molecule is CC(C(=O)O)c1cccc2c1OC1CC(O)C(NS(=O)(=O)c3ccc(Oc4ccccc4)cc3)C21. The standard InChI is InChI=1S/C26H25NO7S/c1-15(26(29)30)19-8-5-9-20-23-22(34-25(19)20)14-21(28)24(23)27-35(31,32)18-12-10-17(11-13-18)33-16-6-3-2-4-7-16/h2-13,15,21-24,27-28H,14H2,1H3,(H,29,30). The largest absolute Gasteiger partial charge is 0.489 e.